The summed E-state index contributed by atoms with van der Waals surface area (Å²) < 4.78 is 39.6. The number of likely N-dealkylation sites (tertiary alicyclic amines) is 1. The van der Waals surface area contributed by atoms with Crippen molar-refractivity contribution >= 4 is 12.0 Å². The third kappa shape index (κ3) is 5.93. The van der Waals surface area contributed by atoms with Crippen LogP contribution >= 0.6 is 0 Å². The van der Waals surface area contributed by atoms with E-state index in [0.29, 0.717) is 25.1 Å². The van der Waals surface area contributed by atoms with Crippen LogP contribution in [0.15, 0.2) is 42.5 Å². The number of carbonyl (C=O) groups excluding carboxylic acids is 2. The lowest BCUT2D eigenvalue weighted by Crippen LogP contribution is -2.47. The van der Waals surface area contributed by atoms with Crippen LogP contribution in [0.1, 0.15) is 39.2 Å². The van der Waals surface area contributed by atoms with Gasteiger partial charge in [0, 0.05) is 24.7 Å². The van der Waals surface area contributed by atoms with Gasteiger partial charge in [0.2, 0.25) is 5.91 Å². The number of nitrogens with zero attached hydrogens (tertiary/aromatic N) is 1. The average Bonchev–Trinajstić information content (AvgIpc) is 3.19. The van der Waals surface area contributed by atoms with Gasteiger partial charge in [0.15, 0.2) is 11.6 Å². The van der Waals surface area contributed by atoms with Crippen molar-refractivity contribution in [3.8, 4) is 11.5 Å². The molecule has 1 heterocycles. The summed E-state index contributed by atoms with van der Waals surface area (Å²) in [5.41, 5.74) is -0.696. The Kier molecular flexibility index (Phi) is 6.77. The molecule has 6 nitrogen and oxygen atoms in total. The second-order valence-corrected chi connectivity index (χ2v) is 8.34. The van der Waals surface area contributed by atoms with Gasteiger partial charge >= 0.3 is 6.09 Å². The van der Waals surface area contributed by atoms with Crippen molar-refractivity contribution in [2.24, 2.45) is 0 Å². The number of amides is 2. The highest BCUT2D eigenvalue weighted by atomic mass is 19.1. The summed E-state index contributed by atoms with van der Waals surface area (Å²) in [5, 5.41) is 2.59. The summed E-state index contributed by atoms with van der Waals surface area (Å²) in [4.78, 5) is 26.3. The Balaban J connectivity index is 1.63. The topological polar surface area (TPSA) is 67.9 Å². The number of hydrogen-bond acceptors (Lipinski definition) is 4. The number of halogens is 2. The molecule has 0 spiro atoms. The van der Waals surface area contributed by atoms with Crippen molar-refractivity contribution in [3.63, 3.8) is 0 Å². The quantitative estimate of drug-likeness (QED) is 0.739. The van der Waals surface area contributed by atoms with E-state index in [9.17, 15) is 18.4 Å². The first-order chi connectivity index (χ1) is 14.6. The molecule has 2 amide bonds. The van der Waals surface area contributed by atoms with E-state index in [1.54, 1.807) is 51.1 Å². The Labute approximate surface area is 180 Å². The van der Waals surface area contributed by atoms with Gasteiger partial charge in [-0.15, -0.1) is 0 Å². The van der Waals surface area contributed by atoms with Crippen molar-refractivity contribution in [2.45, 2.75) is 51.8 Å². The molecule has 0 aromatic heterocycles. The minimum Gasteiger partial charge on any atom is -0.454 e. The first-order valence-electron chi connectivity index (χ1n) is 10.1. The first kappa shape index (κ1) is 22.5. The van der Waals surface area contributed by atoms with E-state index in [1.165, 1.54) is 4.90 Å². The second-order valence-electron chi connectivity index (χ2n) is 8.34. The predicted molar refractivity (Wildman–Crippen MR) is 111 cm³/mol. The molecule has 31 heavy (non-hydrogen) atoms. The van der Waals surface area contributed by atoms with Crippen molar-refractivity contribution in [1.82, 2.24) is 10.2 Å². The van der Waals surface area contributed by atoms with Crippen LogP contribution in [-0.2, 0) is 16.1 Å². The maximum absolute atomic E-state index is 14.5. The summed E-state index contributed by atoms with van der Waals surface area (Å²) in [6.07, 6.45) is 0.572. The van der Waals surface area contributed by atoms with Crippen molar-refractivity contribution in [3.05, 3.63) is 59.7 Å². The van der Waals surface area contributed by atoms with Gasteiger partial charge in [0.1, 0.15) is 23.2 Å². The van der Waals surface area contributed by atoms with E-state index in [1.807, 2.05) is 0 Å². The van der Waals surface area contributed by atoms with E-state index in [-0.39, 0.29) is 17.9 Å². The summed E-state index contributed by atoms with van der Waals surface area (Å²) >= 11 is 0. The summed E-state index contributed by atoms with van der Waals surface area (Å²) in [6.45, 7) is 5.43. The molecule has 0 radical (unpaired) electrons. The van der Waals surface area contributed by atoms with Crippen LogP contribution in [0.3, 0.4) is 0 Å². The molecule has 2 aromatic rings. The fourth-order valence-corrected chi connectivity index (χ4v) is 3.28. The zero-order valence-corrected chi connectivity index (χ0v) is 17.8. The molecule has 1 aliphatic heterocycles. The lowest BCUT2D eigenvalue weighted by Gasteiger charge is -2.28. The minimum absolute atomic E-state index is 0.0203. The van der Waals surface area contributed by atoms with Crippen LogP contribution < -0.4 is 10.1 Å². The Morgan fingerprint density at radius 1 is 1.13 bits per heavy atom. The van der Waals surface area contributed by atoms with Crippen LogP contribution in [-0.4, -0.2) is 35.1 Å². The van der Waals surface area contributed by atoms with E-state index >= 15 is 0 Å². The second kappa shape index (κ2) is 9.32. The minimum atomic E-state index is -0.745. The lowest BCUT2D eigenvalue weighted by atomic mass is 10.1. The molecule has 2 aromatic carbocycles. The Morgan fingerprint density at radius 2 is 1.84 bits per heavy atom. The van der Waals surface area contributed by atoms with Gasteiger partial charge in [-0.2, -0.15) is 0 Å². The fourth-order valence-electron chi connectivity index (χ4n) is 3.28. The van der Waals surface area contributed by atoms with Crippen molar-refractivity contribution in [1.29, 1.82) is 0 Å². The highest BCUT2D eigenvalue weighted by Crippen LogP contribution is 2.27. The normalized spacial score (nSPS) is 16.2. The third-order valence-corrected chi connectivity index (χ3v) is 4.71. The fraction of sp³-hybridized carbons (Fsp3) is 0.391. The predicted octanol–water partition coefficient (Wildman–Crippen LogP) is 4.77. The van der Waals surface area contributed by atoms with Gasteiger partial charge in [-0.1, -0.05) is 18.2 Å². The summed E-state index contributed by atoms with van der Waals surface area (Å²) in [5.74, 6) is -1.75. The van der Waals surface area contributed by atoms with Crippen LogP contribution in [0.4, 0.5) is 13.6 Å². The molecule has 0 aliphatic carbocycles. The first-order valence-corrected chi connectivity index (χ1v) is 10.1. The van der Waals surface area contributed by atoms with Gasteiger partial charge in [0.05, 0.1) is 0 Å². The molecular formula is C23H26F2N2O4. The monoisotopic (exact) mass is 432 g/mol. The Morgan fingerprint density at radius 3 is 2.52 bits per heavy atom. The molecule has 1 saturated heterocycles. The zero-order chi connectivity index (χ0) is 22.6. The lowest BCUT2D eigenvalue weighted by molar-refractivity contribution is -0.125. The number of ether oxygens (including phenoxy) is 2. The molecule has 1 N–H and O–H groups in total. The maximum atomic E-state index is 14.5. The molecule has 0 unspecified atom stereocenters. The molecule has 1 aliphatic rings. The van der Waals surface area contributed by atoms with Crippen LogP contribution in [0.2, 0.25) is 0 Å². The summed E-state index contributed by atoms with van der Waals surface area (Å²) in [7, 11) is 0. The van der Waals surface area contributed by atoms with Crippen molar-refractivity contribution in [2.75, 3.05) is 6.54 Å². The third-order valence-electron chi connectivity index (χ3n) is 4.71. The van der Waals surface area contributed by atoms with E-state index in [2.05, 4.69) is 5.32 Å². The Bertz CT molecular complexity index is 945. The number of carbonyl (C=O) groups is 2. The highest BCUT2D eigenvalue weighted by molar-refractivity contribution is 5.86. The Hall–Kier alpha value is -3.16. The molecular weight excluding hydrogens is 406 g/mol. The molecule has 1 atom stereocenters. The van der Waals surface area contributed by atoms with Crippen molar-refractivity contribution < 1.29 is 27.8 Å². The van der Waals surface area contributed by atoms with Gasteiger partial charge < -0.3 is 14.8 Å². The number of benzene rings is 2. The average molecular weight is 432 g/mol. The van der Waals surface area contributed by atoms with Gasteiger partial charge in [-0.05, 0) is 51.8 Å². The molecule has 3 rings (SSSR count). The molecule has 0 bridgehead atoms. The zero-order valence-electron chi connectivity index (χ0n) is 17.8. The van der Waals surface area contributed by atoms with E-state index in [0.717, 1.165) is 12.1 Å². The van der Waals surface area contributed by atoms with Crippen LogP contribution in [0, 0.1) is 11.6 Å². The molecule has 8 heteroatoms. The summed E-state index contributed by atoms with van der Waals surface area (Å²) in [6, 6.07) is 9.72. The van der Waals surface area contributed by atoms with E-state index < -0.39 is 35.3 Å². The van der Waals surface area contributed by atoms with Crippen LogP contribution in [0.5, 0.6) is 11.5 Å². The molecule has 1 fully saturated rings. The SMILES string of the molecule is CC(C)(C)OC(=O)N1CCC[C@H]1C(=O)NCc1cc(F)c(Oc2ccccc2)cc1F. The van der Waals surface area contributed by atoms with Gasteiger partial charge in [-0.3, -0.25) is 9.69 Å². The standard InChI is InChI=1S/C23H26F2N2O4/c1-23(2,3)31-22(29)27-11-7-10-19(27)21(28)26-14-15-12-18(25)20(13-17(15)24)30-16-8-5-4-6-9-16/h4-6,8-9,12-13,19H,7,10-11,14H2,1-3H3,(H,26,28)/t19-/m0/s1. The number of rotatable bonds is 5. The number of para-hydroxylation sites is 1. The smallest absolute Gasteiger partial charge is 0.410 e. The maximum Gasteiger partial charge on any atom is 0.410 e. The van der Waals surface area contributed by atoms with Gasteiger partial charge in [-0.25, -0.2) is 13.6 Å². The van der Waals surface area contributed by atoms with Crippen LogP contribution in [0.25, 0.3) is 0 Å². The molecule has 0 saturated carbocycles. The number of nitrogens with one attached hydrogen (secondary N) is 1. The largest absolute Gasteiger partial charge is 0.454 e. The highest BCUT2D eigenvalue weighted by Gasteiger charge is 2.36. The van der Waals surface area contributed by atoms with E-state index in [4.69, 9.17) is 9.47 Å². The molecule has 166 valence electrons. The number of hydrogen-bond donors (Lipinski definition) is 1. The van der Waals surface area contributed by atoms with Gasteiger partial charge in [0.25, 0.3) is 0 Å².